The van der Waals surface area contributed by atoms with E-state index in [0.29, 0.717) is 18.2 Å². The molecule has 1 heterocycles. The van der Waals surface area contributed by atoms with Gasteiger partial charge < -0.3 is 21.7 Å². The van der Waals surface area contributed by atoms with Crippen molar-refractivity contribution in [2.24, 2.45) is 16.0 Å². The maximum absolute atomic E-state index is 12.5. The molecule has 0 aliphatic carbocycles. The third kappa shape index (κ3) is 18.4. The van der Waals surface area contributed by atoms with Gasteiger partial charge in [-0.05, 0) is 83.7 Å². The second-order valence-corrected chi connectivity index (χ2v) is 19.1. The Kier molecular flexibility index (Phi) is 24.8. The van der Waals surface area contributed by atoms with Crippen LogP contribution in [0.2, 0.25) is 5.28 Å². The Balaban J connectivity index is 0.00000496. The first-order valence-corrected chi connectivity index (χ1v) is 23.0. The van der Waals surface area contributed by atoms with Crippen LogP contribution >= 0.6 is 11.6 Å². The van der Waals surface area contributed by atoms with E-state index >= 15 is 0 Å². The zero-order chi connectivity index (χ0) is 43.7. The maximum atomic E-state index is 12.5. The molecule has 0 unspecified atom stereocenters. The van der Waals surface area contributed by atoms with Crippen LogP contribution < -0.4 is 21.7 Å². The molecule has 5 aromatic rings. The van der Waals surface area contributed by atoms with Crippen molar-refractivity contribution >= 4 is 325 Å². The monoisotopic (exact) mass is 1090 g/mol. The van der Waals surface area contributed by atoms with E-state index < -0.39 is 100 Å². The molecule has 0 fully saturated rings. The van der Waals surface area contributed by atoms with Crippen molar-refractivity contribution in [3.05, 3.63) is 72.0 Å². The van der Waals surface area contributed by atoms with Crippen LogP contribution in [-0.2, 0) is 54.8 Å². The van der Waals surface area contributed by atoms with Crippen molar-refractivity contribution in [1.82, 2.24) is 15.0 Å². The molecule has 2 amide bonds. The van der Waals surface area contributed by atoms with Gasteiger partial charge >= 0.3 is 16.4 Å². The molecule has 9 N–H and O–H groups in total. The van der Waals surface area contributed by atoms with Gasteiger partial charge in [0.15, 0.2) is 9.84 Å². The summed E-state index contributed by atoms with van der Waals surface area (Å²) in [6, 6.07) is 10.0. The van der Waals surface area contributed by atoms with Crippen molar-refractivity contribution < 1.29 is 69.3 Å². The number of nitrogens with two attached hydrogens (primary N) is 1. The van der Waals surface area contributed by atoms with E-state index in [1.165, 1.54) is 42.5 Å². The molecule has 63 heavy (non-hydrogen) atoms. The standard InChI is InChI=1S/C28H24ClN9O16S5.4K/c29-25-34-27(31-15-1-4-17(5-2-15)55(40,41)8-7-54-59(51,52)53)36-28(35-25)32-16-3-6-20(21(11-16)33-26(30)39)37-38-22-13-19-14(10-24(22)58(48,49)50)9-18(56(42,43)44)12-23(19)57(45,46)47;;;;/h1-6,9-13H,7-8H2,(H3,30,33,39)(H,42,43,44)(H,45,46,47)(H,48,49,50)(H,51,52,53)(H2,31,32,34,35,36);;;;. The van der Waals surface area contributed by atoms with Crippen molar-refractivity contribution in [2.45, 2.75) is 19.6 Å². The number of primary amides is 1. The Hall–Kier alpha value is 1.01. The number of sulfone groups is 1. The number of carbonyl (C=O) groups is 1. The number of nitrogens with zero attached hydrogens (tertiary/aromatic N) is 5. The summed E-state index contributed by atoms with van der Waals surface area (Å²) in [6.07, 6.45) is 0. The topological polar surface area (TPSA) is 403 Å². The van der Waals surface area contributed by atoms with Gasteiger partial charge in [-0.2, -0.15) is 48.6 Å². The summed E-state index contributed by atoms with van der Waals surface area (Å²) in [7, 11) is -24.4. The molecular formula is C28H24ClK4N9O16S5. The van der Waals surface area contributed by atoms with Crippen molar-refractivity contribution in [2.75, 3.05) is 28.3 Å². The van der Waals surface area contributed by atoms with Gasteiger partial charge in [-0.1, -0.05) is 0 Å². The number of nitrogens with one attached hydrogen (secondary N) is 3. The molecule has 0 spiro atoms. The van der Waals surface area contributed by atoms with E-state index in [2.05, 4.69) is 45.3 Å². The Morgan fingerprint density at radius 1 is 0.651 bits per heavy atom. The van der Waals surface area contributed by atoms with Crippen LogP contribution in [0, 0.1) is 0 Å². The Bertz CT molecular complexity index is 3140. The summed E-state index contributed by atoms with van der Waals surface area (Å²) in [5.41, 5.74) is 4.55. The minimum atomic E-state index is -5.23. The third-order valence-electron chi connectivity index (χ3n) is 7.26. The Labute approximate surface area is 533 Å². The number of anilines is 5. The van der Waals surface area contributed by atoms with Crippen molar-refractivity contribution in [1.29, 1.82) is 0 Å². The minimum Gasteiger partial charge on any atom is -0.351 e. The average molecular weight is 1090 g/mol. The van der Waals surface area contributed by atoms with E-state index in [1.54, 1.807) is 0 Å². The summed E-state index contributed by atoms with van der Waals surface area (Å²) in [4.78, 5) is 20.6. The first-order valence-electron chi connectivity index (χ1n) is 15.2. The van der Waals surface area contributed by atoms with Gasteiger partial charge in [-0.15, -0.1) is 10.2 Å². The van der Waals surface area contributed by atoms with Gasteiger partial charge in [0.25, 0.3) is 30.4 Å². The van der Waals surface area contributed by atoms with Crippen LogP contribution in [0.1, 0.15) is 0 Å². The molecule has 0 saturated heterocycles. The fourth-order valence-electron chi connectivity index (χ4n) is 4.84. The number of hydrogen-bond donors (Lipinski definition) is 8. The molecule has 1 aromatic heterocycles. The van der Waals surface area contributed by atoms with Gasteiger partial charge in [0.1, 0.15) is 21.2 Å². The van der Waals surface area contributed by atoms with Crippen LogP contribution in [0.15, 0.2) is 96.5 Å². The number of azo groups is 1. The number of carbonyl (C=O) groups excluding carboxylic acids is 1. The molecule has 0 aliphatic rings. The number of rotatable bonds is 15. The van der Waals surface area contributed by atoms with Gasteiger partial charge in [-0.3, -0.25) is 18.2 Å². The molecular weight excluding hydrogens is 1070 g/mol. The van der Waals surface area contributed by atoms with Gasteiger partial charge in [0, 0.05) is 222 Å². The van der Waals surface area contributed by atoms with Gasteiger partial charge in [-0.25, -0.2) is 17.4 Å². The van der Waals surface area contributed by atoms with E-state index in [0.717, 1.165) is 6.07 Å². The smallest absolute Gasteiger partial charge is 0.351 e. The van der Waals surface area contributed by atoms with Crippen molar-refractivity contribution in [3.63, 3.8) is 0 Å². The molecule has 0 saturated carbocycles. The molecule has 0 aliphatic heterocycles. The summed E-state index contributed by atoms with van der Waals surface area (Å²) >= 11 is 6.08. The maximum Gasteiger partial charge on any atom is 0.397 e. The molecule has 0 bridgehead atoms. The summed E-state index contributed by atoms with van der Waals surface area (Å²) in [6.45, 7) is -0.828. The van der Waals surface area contributed by atoms with E-state index in [9.17, 15) is 60.5 Å². The Morgan fingerprint density at radius 3 is 1.71 bits per heavy atom. The number of aromatic nitrogens is 3. The van der Waals surface area contributed by atoms with Gasteiger partial charge in [0.2, 0.25) is 17.2 Å². The number of amides is 2. The molecule has 0 atom stereocenters. The number of urea groups is 1. The predicted octanol–water partition coefficient (Wildman–Crippen LogP) is 1.88. The predicted molar refractivity (Wildman–Crippen MR) is 228 cm³/mol. The largest absolute Gasteiger partial charge is 0.397 e. The fraction of sp³-hybridized carbons (Fsp3) is 0.0714. The first kappa shape index (κ1) is 62.0. The molecule has 5 rings (SSSR count). The fourth-order valence-corrected chi connectivity index (χ4v) is 8.48. The van der Waals surface area contributed by atoms with Crippen LogP contribution in [0.5, 0.6) is 0 Å². The second kappa shape index (κ2) is 25.2. The molecule has 25 nitrogen and oxygen atoms in total. The van der Waals surface area contributed by atoms with Crippen LogP contribution in [0.4, 0.5) is 45.1 Å². The van der Waals surface area contributed by atoms with E-state index in [-0.39, 0.29) is 250 Å². The van der Waals surface area contributed by atoms with Crippen LogP contribution in [0.25, 0.3) is 10.8 Å². The normalized spacial score (nSPS) is 12.0. The quantitative estimate of drug-likeness (QED) is 0.0421. The first-order chi connectivity index (χ1) is 27.2. The molecule has 4 radical (unpaired) electrons. The minimum absolute atomic E-state index is 0. The number of benzene rings is 4. The number of fused-ring (bicyclic) bond motifs is 1. The van der Waals surface area contributed by atoms with Crippen molar-refractivity contribution in [3.8, 4) is 0 Å². The Morgan fingerprint density at radius 2 is 1.19 bits per heavy atom. The second-order valence-electron chi connectivity index (χ2n) is 11.4. The summed E-state index contributed by atoms with van der Waals surface area (Å²) < 4.78 is 161. The van der Waals surface area contributed by atoms with Crippen LogP contribution in [-0.4, -0.2) is 299 Å². The average Bonchev–Trinajstić information content (AvgIpc) is 3.08. The summed E-state index contributed by atoms with van der Waals surface area (Å²) in [5, 5.41) is 14.1. The molecule has 318 valence electrons. The molecule has 35 heteroatoms. The van der Waals surface area contributed by atoms with Crippen LogP contribution in [0.3, 0.4) is 0 Å². The molecule has 4 aromatic carbocycles. The SMILES string of the molecule is NC(=O)Nc1cc(Nc2nc(Cl)nc(Nc3ccc(S(=O)(=O)CCOS(=O)(=O)O)cc3)n2)ccc1N=Nc1cc2c(S(=O)(=O)O)cc(S(=O)(=O)O)cc2cc1S(=O)(=O)O.[K].[K].[K].[K]. The number of halogens is 1. The third-order valence-corrected chi connectivity index (χ3v) is 12.2. The van der Waals surface area contributed by atoms with Gasteiger partial charge in [0.05, 0.1) is 27.8 Å². The van der Waals surface area contributed by atoms with E-state index in [4.69, 9.17) is 21.9 Å². The number of hydrogen-bond acceptors (Lipinski definition) is 19. The summed E-state index contributed by atoms with van der Waals surface area (Å²) in [5.74, 6) is -1.10. The zero-order valence-electron chi connectivity index (χ0n) is 32.7. The van der Waals surface area contributed by atoms with E-state index in [1.807, 2.05) is 0 Å². The zero-order valence-corrected chi connectivity index (χ0v) is 50.0.